The van der Waals surface area contributed by atoms with Gasteiger partial charge in [-0.1, -0.05) is 79.4 Å². The molecular formula is C31H52O3. The lowest BCUT2D eigenvalue weighted by Gasteiger charge is -2.64. The first kappa shape index (κ1) is 26.2. The Morgan fingerprint density at radius 2 is 1.74 bits per heavy atom. The number of carbonyl (C=O) groups is 1. The molecular weight excluding hydrogens is 420 g/mol. The average Bonchev–Trinajstić information content (AvgIpc) is 3.03. The molecule has 0 unspecified atom stereocenters. The number of carboxylic acids is 1. The van der Waals surface area contributed by atoms with E-state index < -0.39 is 5.97 Å². The van der Waals surface area contributed by atoms with E-state index in [1.165, 1.54) is 37.7 Å². The quantitative estimate of drug-likeness (QED) is 0.371. The van der Waals surface area contributed by atoms with Crippen LogP contribution in [0.1, 0.15) is 119 Å². The Bertz CT molecular complexity index is 811. The summed E-state index contributed by atoms with van der Waals surface area (Å²) < 4.78 is 0. The van der Waals surface area contributed by atoms with E-state index in [2.05, 4.69) is 54.5 Å². The highest BCUT2D eigenvalue weighted by atomic mass is 16.4. The van der Waals surface area contributed by atoms with Gasteiger partial charge in [0.05, 0.1) is 12.5 Å². The molecule has 0 aliphatic heterocycles. The standard InChI is InChI=1S/C31H52O3/c1-20(2)9-8-10-21(3)22-14-18-31(19-27(33)34)24-11-12-25-28(4,5)26(32)15-16-29(25,6)23(24)13-17-30(22,31)7/h11,20-23,25-26,32H,8-10,12-19H2,1-7H3,(H,33,34)/t21-,22-,23+,25+,26+,29-,30-,31-/m1/s1. The highest BCUT2D eigenvalue weighted by molar-refractivity contribution is 5.69. The highest BCUT2D eigenvalue weighted by Crippen LogP contribution is 2.74. The van der Waals surface area contributed by atoms with Crippen LogP contribution in [-0.4, -0.2) is 22.3 Å². The van der Waals surface area contributed by atoms with E-state index in [-0.39, 0.29) is 27.8 Å². The molecule has 3 heteroatoms. The van der Waals surface area contributed by atoms with Gasteiger partial charge in [0.1, 0.15) is 0 Å². The first-order chi connectivity index (χ1) is 15.8. The molecule has 2 N–H and O–H groups in total. The maximum absolute atomic E-state index is 12.4. The number of hydrogen-bond acceptors (Lipinski definition) is 2. The van der Waals surface area contributed by atoms with E-state index in [0.717, 1.165) is 38.0 Å². The third-order valence-electron chi connectivity index (χ3n) is 12.1. The molecule has 0 radical (unpaired) electrons. The van der Waals surface area contributed by atoms with Crippen LogP contribution in [0, 0.1) is 51.2 Å². The maximum Gasteiger partial charge on any atom is 0.304 e. The second-order valence-corrected chi connectivity index (χ2v) is 14.4. The van der Waals surface area contributed by atoms with Crippen molar-refractivity contribution in [1.82, 2.24) is 0 Å². The smallest absolute Gasteiger partial charge is 0.304 e. The summed E-state index contributed by atoms with van der Waals surface area (Å²) in [4.78, 5) is 12.4. The molecule has 3 saturated carbocycles. The number of carboxylic acid groups (broad SMARTS) is 1. The number of rotatable bonds is 7. The van der Waals surface area contributed by atoms with Crippen molar-refractivity contribution in [3.05, 3.63) is 11.6 Å². The highest BCUT2D eigenvalue weighted by Gasteiger charge is 2.67. The van der Waals surface area contributed by atoms with Crippen LogP contribution in [-0.2, 0) is 4.79 Å². The Balaban J connectivity index is 1.70. The molecule has 34 heavy (non-hydrogen) atoms. The largest absolute Gasteiger partial charge is 0.481 e. The summed E-state index contributed by atoms with van der Waals surface area (Å²) in [5.41, 5.74) is 1.50. The first-order valence-corrected chi connectivity index (χ1v) is 14.4. The molecule has 4 aliphatic rings. The molecule has 0 bridgehead atoms. The van der Waals surface area contributed by atoms with Crippen molar-refractivity contribution in [3.8, 4) is 0 Å². The number of allylic oxidation sites excluding steroid dienone is 2. The second kappa shape index (κ2) is 8.93. The number of hydrogen-bond donors (Lipinski definition) is 2. The predicted octanol–water partition coefficient (Wildman–Crippen LogP) is 7.87. The van der Waals surface area contributed by atoms with Gasteiger partial charge >= 0.3 is 5.97 Å². The third-order valence-corrected chi connectivity index (χ3v) is 12.1. The molecule has 194 valence electrons. The van der Waals surface area contributed by atoms with E-state index in [9.17, 15) is 15.0 Å². The van der Waals surface area contributed by atoms with Crippen LogP contribution < -0.4 is 0 Å². The zero-order chi connectivity index (χ0) is 25.1. The fourth-order valence-electron chi connectivity index (χ4n) is 10.1. The van der Waals surface area contributed by atoms with Crippen LogP contribution in [0.5, 0.6) is 0 Å². The van der Waals surface area contributed by atoms with E-state index in [0.29, 0.717) is 30.1 Å². The van der Waals surface area contributed by atoms with Crippen molar-refractivity contribution >= 4 is 5.97 Å². The number of fused-ring (bicyclic) bond motifs is 5. The predicted molar refractivity (Wildman–Crippen MR) is 139 cm³/mol. The van der Waals surface area contributed by atoms with Gasteiger partial charge < -0.3 is 10.2 Å². The molecule has 3 fully saturated rings. The van der Waals surface area contributed by atoms with Gasteiger partial charge in [-0.05, 0) is 90.8 Å². The van der Waals surface area contributed by atoms with Crippen molar-refractivity contribution in [2.75, 3.05) is 0 Å². The third kappa shape index (κ3) is 3.82. The van der Waals surface area contributed by atoms with Gasteiger partial charge in [-0.2, -0.15) is 0 Å². The molecule has 4 aliphatic carbocycles. The van der Waals surface area contributed by atoms with Crippen LogP contribution in [0.4, 0.5) is 0 Å². The topological polar surface area (TPSA) is 57.5 Å². The Labute approximate surface area is 209 Å². The van der Waals surface area contributed by atoms with Crippen molar-refractivity contribution in [1.29, 1.82) is 0 Å². The molecule has 3 nitrogen and oxygen atoms in total. The van der Waals surface area contributed by atoms with Crippen molar-refractivity contribution in [2.24, 2.45) is 51.2 Å². The normalized spacial score (nSPS) is 44.1. The maximum atomic E-state index is 12.4. The molecule has 0 saturated heterocycles. The molecule has 8 atom stereocenters. The molecule has 0 amide bonds. The van der Waals surface area contributed by atoms with Crippen molar-refractivity contribution in [3.63, 3.8) is 0 Å². The first-order valence-electron chi connectivity index (χ1n) is 14.4. The summed E-state index contributed by atoms with van der Waals surface area (Å²) in [7, 11) is 0. The Kier molecular flexibility index (Phi) is 6.89. The lowest BCUT2D eigenvalue weighted by molar-refractivity contribution is -0.149. The molecule has 0 aromatic carbocycles. The summed E-state index contributed by atoms with van der Waals surface area (Å²) >= 11 is 0. The molecule has 0 aromatic heterocycles. The summed E-state index contributed by atoms with van der Waals surface area (Å²) in [5.74, 6) is 2.36. The van der Waals surface area contributed by atoms with Crippen LogP contribution in [0.3, 0.4) is 0 Å². The van der Waals surface area contributed by atoms with Gasteiger partial charge in [-0.3, -0.25) is 4.79 Å². The lowest BCUT2D eigenvalue weighted by atomic mass is 9.40. The van der Waals surface area contributed by atoms with Gasteiger partial charge in [-0.15, -0.1) is 0 Å². The zero-order valence-corrected chi connectivity index (χ0v) is 23.1. The van der Waals surface area contributed by atoms with Crippen LogP contribution >= 0.6 is 0 Å². The van der Waals surface area contributed by atoms with Crippen molar-refractivity contribution in [2.45, 2.75) is 125 Å². The van der Waals surface area contributed by atoms with E-state index in [4.69, 9.17) is 0 Å². The van der Waals surface area contributed by atoms with Gasteiger partial charge in [-0.25, -0.2) is 0 Å². The van der Waals surface area contributed by atoms with Crippen LogP contribution in [0.15, 0.2) is 11.6 Å². The minimum atomic E-state index is -0.618. The molecule has 0 aromatic rings. The molecule has 0 heterocycles. The van der Waals surface area contributed by atoms with Gasteiger partial charge in [0.15, 0.2) is 0 Å². The van der Waals surface area contributed by atoms with Crippen molar-refractivity contribution < 1.29 is 15.0 Å². The average molecular weight is 473 g/mol. The Morgan fingerprint density at radius 1 is 1.03 bits per heavy atom. The van der Waals surface area contributed by atoms with E-state index >= 15 is 0 Å². The molecule has 0 spiro atoms. The number of aliphatic carboxylic acids is 1. The lowest BCUT2D eigenvalue weighted by Crippen LogP contribution is -2.58. The Hall–Kier alpha value is -0.830. The summed E-state index contributed by atoms with van der Waals surface area (Å²) in [6.07, 6.45) is 14.0. The Morgan fingerprint density at radius 3 is 2.38 bits per heavy atom. The van der Waals surface area contributed by atoms with Gasteiger partial charge in [0.2, 0.25) is 0 Å². The van der Waals surface area contributed by atoms with Crippen LogP contribution in [0.25, 0.3) is 0 Å². The number of aliphatic hydroxyl groups is 1. The zero-order valence-electron chi connectivity index (χ0n) is 23.1. The summed E-state index contributed by atoms with van der Waals surface area (Å²) in [6, 6.07) is 0. The monoisotopic (exact) mass is 472 g/mol. The fourth-order valence-corrected chi connectivity index (χ4v) is 10.1. The fraction of sp³-hybridized carbons (Fsp3) is 0.903. The number of aliphatic hydroxyl groups excluding tert-OH is 1. The molecule has 4 rings (SSSR count). The van der Waals surface area contributed by atoms with E-state index in [1.807, 2.05) is 0 Å². The van der Waals surface area contributed by atoms with E-state index in [1.54, 1.807) is 0 Å². The van der Waals surface area contributed by atoms with Gasteiger partial charge in [0.25, 0.3) is 0 Å². The summed E-state index contributed by atoms with van der Waals surface area (Å²) in [5, 5.41) is 21.0. The van der Waals surface area contributed by atoms with Gasteiger partial charge in [0, 0.05) is 5.41 Å². The summed E-state index contributed by atoms with van der Waals surface area (Å²) in [6.45, 7) is 16.6. The minimum absolute atomic E-state index is 0.0812. The minimum Gasteiger partial charge on any atom is -0.481 e. The van der Waals surface area contributed by atoms with Crippen LogP contribution in [0.2, 0.25) is 0 Å². The second-order valence-electron chi connectivity index (χ2n) is 14.4. The SMILES string of the molecule is CC(C)CCC[C@@H](C)[C@H]1CC[C@@]2(CC(=O)O)C3=CC[C@H]4C(C)(C)[C@@H](O)CC[C@]4(C)[C@H]3CC[C@]12C.